The molecule has 0 aliphatic heterocycles. The first-order valence-electron chi connectivity index (χ1n) is 5.25. The van der Waals surface area contributed by atoms with Crippen LogP contribution in [0.1, 0.15) is 43.1 Å². The highest BCUT2D eigenvalue weighted by molar-refractivity contribution is 5.96. The number of hydrogen-bond acceptors (Lipinski definition) is 3. The fourth-order valence-electron chi connectivity index (χ4n) is 1.71. The van der Waals surface area contributed by atoms with Gasteiger partial charge >= 0.3 is 0 Å². The lowest BCUT2D eigenvalue weighted by molar-refractivity contribution is 0.0843. The summed E-state index contributed by atoms with van der Waals surface area (Å²) in [5.41, 5.74) is 0.691. The lowest BCUT2D eigenvalue weighted by Gasteiger charge is -2.23. The normalized spacial score (nSPS) is 16.6. The Morgan fingerprint density at radius 1 is 1.64 bits per heavy atom. The van der Waals surface area contributed by atoms with E-state index in [1.54, 1.807) is 10.9 Å². The molecule has 1 fully saturated rings. The van der Waals surface area contributed by atoms with Crippen molar-refractivity contribution in [2.24, 2.45) is 5.92 Å². The second kappa shape index (κ2) is 3.90. The van der Waals surface area contributed by atoms with Crippen molar-refractivity contribution in [2.75, 3.05) is 0 Å². The number of nitrogens with zero attached hydrogens (tertiary/aromatic N) is 3. The molecule has 1 aliphatic carbocycles. The Kier molecular flexibility index (Phi) is 2.61. The Morgan fingerprint density at radius 3 is 3.00 bits per heavy atom. The van der Waals surface area contributed by atoms with Crippen molar-refractivity contribution in [1.82, 2.24) is 15.0 Å². The standard InChI is InChI=1S/C10H15N3O/c1-2-6-13-9(7-11-12-13)10(14)8-4-3-5-8/h7-8H,2-6H2,1H3. The molecule has 1 saturated carbocycles. The van der Waals surface area contributed by atoms with E-state index in [1.807, 2.05) is 0 Å². The molecule has 1 aliphatic rings. The summed E-state index contributed by atoms with van der Waals surface area (Å²) < 4.78 is 1.72. The van der Waals surface area contributed by atoms with Gasteiger partial charge in [-0.25, -0.2) is 4.68 Å². The molecule has 0 N–H and O–H groups in total. The summed E-state index contributed by atoms with van der Waals surface area (Å²) in [5.74, 6) is 0.471. The highest BCUT2D eigenvalue weighted by atomic mass is 16.1. The predicted octanol–water partition coefficient (Wildman–Crippen LogP) is 1.67. The first-order chi connectivity index (χ1) is 6.83. The van der Waals surface area contributed by atoms with Crippen molar-refractivity contribution >= 4 is 5.78 Å². The molecule has 1 aromatic heterocycles. The fourth-order valence-corrected chi connectivity index (χ4v) is 1.71. The van der Waals surface area contributed by atoms with Crippen LogP contribution >= 0.6 is 0 Å². The van der Waals surface area contributed by atoms with Gasteiger partial charge in [0.25, 0.3) is 0 Å². The molecular weight excluding hydrogens is 178 g/mol. The molecule has 0 atom stereocenters. The number of carbonyl (C=O) groups excluding carboxylic acids is 1. The molecule has 14 heavy (non-hydrogen) atoms. The fraction of sp³-hybridized carbons (Fsp3) is 0.700. The van der Waals surface area contributed by atoms with Crippen LogP contribution in [0.2, 0.25) is 0 Å². The topological polar surface area (TPSA) is 47.8 Å². The van der Waals surface area contributed by atoms with Gasteiger partial charge in [0.05, 0.1) is 6.20 Å². The van der Waals surface area contributed by atoms with Gasteiger partial charge in [-0.1, -0.05) is 18.6 Å². The van der Waals surface area contributed by atoms with Crippen LogP contribution in [-0.2, 0) is 6.54 Å². The monoisotopic (exact) mass is 193 g/mol. The second-order valence-electron chi connectivity index (χ2n) is 3.83. The third-order valence-electron chi connectivity index (χ3n) is 2.78. The van der Waals surface area contributed by atoms with Gasteiger partial charge in [-0.3, -0.25) is 4.79 Å². The van der Waals surface area contributed by atoms with Gasteiger partial charge in [0.15, 0.2) is 5.78 Å². The Hall–Kier alpha value is -1.19. The lowest BCUT2D eigenvalue weighted by Crippen LogP contribution is -2.24. The third-order valence-corrected chi connectivity index (χ3v) is 2.78. The highest BCUT2D eigenvalue weighted by Crippen LogP contribution is 2.29. The zero-order chi connectivity index (χ0) is 9.97. The summed E-state index contributed by atoms with van der Waals surface area (Å²) in [6.07, 6.45) is 5.84. The number of aromatic nitrogens is 3. The summed E-state index contributed by atoms with van der Waals surface area (Å²) in [6.45, 7) is 2.85. The molecule has 4 heteroatoms. The molecule has 4 nitrogen and oxygen atoms in total. The Morgan fingerprint density at radius 2 is 2.43 bits per heavy atom. The van der Waals surface area contributed by atoms with Gasteiger partial charge in [0.2, 0.25) is 0 Å². The number of Topliss-reactive ketones (excluding diaryl/α,β-unsaturated/α-hetero) is 1. The minimum absolute atomic E-state index is 0.231. The van der Waals surface area contributed by atoms with E-state index in [9.17, 15) is 4.79 Å². The molecule has 0 amide bonds. The summed E-state index contributed by atoms with van der Waals surface area (Å²) in [7, 11) is 0. The molecule has 0 unspecified atom stereocenters. The Bertz CT molecular complexity index is 328. The van der Waals surface area contributed by atoms with Crippen LogP contribution in [0.5, 0.6) is 0 Å². The second-order valence-corrected chi connectivity index (χ2v) is 3.83. The van der Waals surface area contributed by atoms with E-state index in [2.05, 4.69) is 17.2 Å². The molecular formula is C10H15N3O. The van der Waals surface area contributed by atoms with Crippen LogP contribution in [0, 0.1) is 5.92 Å². The predicted molar refractivity (Wildman–Crippen MR) is 52.0 cm³/mol. The summed E-state index contributed by atoms with van der Waals surface area (Å²) >= 11 is 0. The minimum atomic E-state index is 0.231. The van der Waals surface area contributed by atoms with E-state index in [4.69, 9.17) is 0 Å². The van der Waals surface area contributed by atoms with Crippen LogP contribution in [0.25, 0.3) is 0 Å². The number of ketones is 1. The first-order valence-corrected chi connectivity index (χ1v) is 5.25. The molecule has 0 bridgehead atoms. The zero-order valence-electron chi connectivity index (χ0n) is 8.44. The average Bonchev–Trinajstić information content (AvgIpc) is 2.49. The van der Waals surface area contributed by atoms with Crippen molar-refractivity contribution in [1.29, 1.82) is 0 Å². The van der Waals surface area contributed by atoms with E-state index < -0.39 is 0 Å². The Balaban J connectivity index is 2.13. The maximum Gasteiger partial charge on any atom is 0.185 e. The van der Waals surface area contributed by atoms with Gasteiger partial charge in [-0.05, 0) is 19.3 Å². The van der Waals surface area contributed by atoms with Crippen LogP contribution < -0.4 is 0 Å². The molecule has 2 rings (SSSR count). The van der Waals surface area contributed by atoms with Crippen molar-refractivity contribution in [2.45, 2.75) is 39.2 Å². The van der Waals surface area contributed by atoms with Crippen LogP contribution in [0.3, 0.4) is 0 Å². The molecule has 1 heterocycles. The third kappa shape index (κ3) is 1.56. The number of hydrogen-bond donors (Lipinski definition) is 0. The summed E-state index contributed by atoms with van der Waals surface area (Å²) in [5, 5.41) is 7.71. The number of aryl methyl sites for hydroxylation is 1. The van der Waals surface area contributed by atoms with Crippen LogP contribution in [0.4, 0.5) is 0 Å². The minimum Gasteiger partial charge on any atom is -0.292 e. The van der Waals surface area contributed by atoms with Crippen LogP contribution in [0.15, 0.2) is 6.20 Å². The average molecular weight is 193 g/mol. The van der Waals surface area contributed by atoms with Crippen molar-refractivity contribution in [3.8, 4) is 0 Å². The lowest BCUT2D eigenvalue weighted by atomic mass is 9.81. The molecule has 1 aromatic rings. The number of carbonyl (C=O) groups is 1. The zero-order valence-corrected chi connectivity index (χ0v) is 8.44. The summed E-state index contributed by atoms with van der Waals surface area (Å²) in [4.78, 5) is 11.9. The maximum absolute atomic E-state index is 11.9. The largest absolute Gasteiger partial charge is 0.292 e. The van der Waals surface area contributed by atoms with Gasteiger partial charge in [-0.15, -0.1) is 5.10 Å². The van der Waals surface area contributed by atoms with Crippen molar-refractivity contribution < 1.29 is 4.79 Å². The van der Waals surface area contributed by atoms with E-state index in [0.717, 1.165) is 25.8 Å². The Labute approximate surface area is 83.3 Å². The van der Waals surface area contributed by atoms with Gasteiger partial charge in [0.1, 0.15) is 5.69 Å². The van der Waals surface area contributed by atoms with Gasteiger partial charge in [-0.2, -0.15) is 0 Å². The molecule has 0 aromatic carbocycles. The van der Waals surface area contributed by atoms with E-state index >= 15 is 0 Å². The molecule has 76 valence electrons. The van der Waals surface area contributed by atoms with E-state index in [-0.39, 0.29) is 11.7 Å². The number of rotatable bonds is 4. The SMILES string of the molecule is CCCn1nncc1C(=O)C1CCC1. The van der Waals surface area contributed by atoms with E-state index in [1.165, 1.54) is 6.42 Å². The smallest absolute Gasteiger partial charge is 0.185 e. The molecule has 0 radical (unpaired) electrons. The van der Waals surface area contributed by atoms with E-state index in [0.29, 0.717) is 5.69 Å². The maximum atomic E-state index is 11.9. The van der Waals surface area contributed by atoms with Crippen LogP contribution in [-0.4, -0.2) is 20.8 Å². The molecule has 0 spiro atoms. The van der Waals surface area contributed by atoms with Crippen molar-refractivity contribution in [3.63, 3.8) is 0 Å². The van der Waals surface area contributed by atoms with Crippen molar-refractivity contribution in [3.05, 3.63) is 11.9 Å². The molecule has 0 saturated heterocycles. The first kappa shape index (κ1) is 9.37. The summed E-state index contributed by atoms with van der Waals surface area (Å²) in [6, 6.07) is 0. The highest BCUT2D eigenvalue weighted by Gasteiger charge is 2.28. The van der Waals surface area contributed by atoms with Gasteiger partial charge in [0, 0.05) is 12.5 Å². The van der Waals surface area contributed by atoms with Gasteiger partial charge < -0.3 is 0 Å². The quantitative estimate of drug-likeness (QED) is 0.683.